The van der Waals surface area contributed by atoms with E-state index in [0.29, 0.717) is 30.8 Å². The second-order valence-electron chi connectivity index (χ2n) is 8.36. The highest BCUT2D eigenvalue weighted by Crippen LogP contribution is 2.34. The molecule has 2 aliphatic rings. The van der Waals surface area contributed by atoms with Crippen molar-refractivity contribution < 1.29 is 23.9 Å². The largest absolute Gasteiger partial charge is 0.494 e. The zero-order valence-electron chi connectivity index (χ0n) is 18.6. The van der Waals surface area contributed by atoms with Crippen LogP contribution in [-0.2, 0) is 9.59 Å². The van der Waals surface area contributed by atoms with Gasteiger partial charge in [-0.25, -0.2) is 4.79 Å². The molecule has 174 valence electrons. The van der Waals surface area contributed by atoms with Crippen molar-refractivity contribution in [2.24, 2.45) is 0 Å². The number of nitrogens with zero attached hydrogens (tertiary/aromatic N) is 1. The average molecular weight is 445 g/mol. The fourth-order valence-corrected chi connectivity index (χ4v) is 4.09. The fourth-order valence-electron chi connectivity index (χ4n) is 4.09. The molecule has 3 N–H and O–H groups in total. The number of carbonyl (C=O) groups excluding carboxylic acids is 4. The Labute approximate surface area is 188 Å². The molecule has 1 aliphatic carbocycles. The number of nitrogens with one attached hydrogen (secondary N) is 3. The first-order valence-electron chi connectivity index (χ1n) is 11.4. The van der Waals surface area contributed by atoms with Gasteiger partial charge in [0.15, 0.2) is 0 Å². The van der Waals surface area contributed by atoms with Gasteiger partial charge in [-0.2, -0.15) is 0 Å². The maximum Gasteiger partial charge on any atom is 0.325 e. The van der Waals surface area contributed by atoms with Crippen LogP contribution in [0.2, 0.25) is 0 Å². The summed E-state index contributed by atoms with van der Waals surface area (Å²) >= 11 is 0. The van der Waals surface area contributed by atoms with Gasteiger partial charge in [-0.1, -0.05) is 39.0 Å². The van der Waals surface area contributed by atoms with Crippen molar-refractivity contribution in [2.45, 2.75) is 70.3 Å². The fraction of sp³-hybridized carbons (Fsp3) is 0.565. The van der Waals surface area contributed by atoms with E-state index in [0.717, 1.165) is 30.6 Å². The minimum absolute atomic E-state index is 0.0294. The Bertz CT molecular complexity index is 833. The highest BCUT2D eigenvalue weighted by molar-refractivity contribution is 6.07. The van der Waals surface area contributed by atoms with Gasteiger partial charge >= 0.3 is 6.03 Å². The van der Waals surface area contributed by atoms with Crippen molar-refractivity contribution in [1.29, 1.82) is 0 Å². The van der Waals surface area contributed by atoms with Gasteiger partial charge in [0, 0.05) is 18.5 Å². The van der Waals surface area contributed by atoms with Crippen molar-refractivity contribution in [3.63, 3.8) is 0 Å². The minimum atomic E-state index is -0.785. The standard InChI is InChI=1S/C23H32N4O5/c1-2-3-4-7-16-32-18-10-8-17(9-11-18)20(29)26-25-19(28)12-15-27-21(30)23(24-22(27)31)13-5-6-14-23/h8-11H,2-7,12-16H2,1H3,(H,24,31)(H,25,28)(H,26,29). The molecule has 0 atom stereocenters. The van der Waals surface area contributed by atoms with Crippen LogP contribution in [0.1, 0.15) is 75.1 Å². The third kappa shape index (κ3) is 5.77. The lowest BCUT2D eigenvalue weighted by molar-refractivity contribution is -0.131. The number of imide groups is 1. The molecule has 1 saturated carbocycles. The van der Waals surface area contributed by atoms with Crippen LogP contribution in [-0.4, -0.2) is 47.3 Å². The number of ether oxygens (including phenoxy) is 1. The van der Waals surface area contributed by atoms with Crippen molar-refractivity contribution in [3.8, 4) is 5.75 Å². The number of hydrogen-bond acceptors (Lipinski definition) is 5. The van der Waals surface area contributed by atoms with E-state index in [1.165, 1.54) is 12.8 Å². The van der Waals surface area contributed by atoms with Gasteiger partial charge in [-0.3, -0.25) is 30.1 Å². The maximum atomic E-state index is 12.6. The third-order valence-electron chi connectivity index (χ3n) is 5.96. The van der Waals surface area contributed by atoms with Crippen LogP contribution >= 0.6 is 0 Å². The summed E-state index contributed by atoms with van der Waals surface area (Å²) < 4.78 is 5.65. The lowest BCUT2D eigenvalue weighted by atomic mass is 9.98. The first kappa shape index (κ1) is 23.6. The smallest absolute Gasteiger partial charge is 0.325 e. The van der Waals surface area contributed by atoms with E-state index in [1.807, 2.05) is 0 Å². The second-order valence-corrected chi connectivity index (χ2v) is 8.36. The number of hydrogen-bond donors (Lipinski definition) is 3. The monoisotopic (exact) mass is 444 g/mol. The molecule has 3 rings (SSSR count). The number of carbonyl (C=O) groups is 4. The lowest BCUT2D eigenvalue weighted by Gasteiger charge is -2.19. The van der Waals surface area contributed by atoms with Crippen LogP contribution in [0.25, 0.3) is 0 Å². The van der Waals surface area contributed by atoms with Gasteiger partial charge in [0.2, 0.25) is 5.91 Å². The van der Waals surface area contributed by atoms with E-state index in [1.54, 1.807) is 24.3 Å². The Morgan fingerprint density at radius 1 is 1.06 bits per heavy atom. The Balaban J connectivity index is 1.38. The summed E-state index contributed by atoms with van der Waals surface area (Å²) in [6, 6.07) is 6.22. The topological polar surface area (TPSA) is 117 Å². The van der Waals surface area contributed by atoms with E-state index in [9.17, 15) is 19.2 Å². The minimum Gasteiger partial charge on any atom is -0.494 e. The van der Waals surface area contributed by atoms with Gasteiger partial charge in [-0.05, 0) is 43.5 Å². The van der Waals surface area contributed by atoms with Crippen molar-refractivity contribution >= 4 is 23.8 Å². The predicted molar refractivity (Wildman–Crippen MR) is 118 cm³/mol. The molecule has 1 aromatic rings. The van der Waals surface area contributed by atoms with Gasteiger partial charge in [-0.15, -0.1) is 0 Å². The molecule has 1 heterocycles. The summed E-state index contributed by atoms with van der Waals surface area (Å²) in [6.45, 7) is 2.77. The van der Waals surface area contributed by atoms with Crippen LogP contribution in [0.15, 0.2) is 24.3 Å². The molecule has 1 saturated heterocycles. The zero-order valence-corrected chi connectivity index (χ0v) is 18.6. The number of unbranched alkanes of at least 4 members (excludes halogenated alkanes) is 3. The van der Waals surface area contributed by atoms with Crippen molar-refractivity contribution in [1.82, 2.24) is 21.1 Å². The summed E-state index contributed by atoms with van der Waals surface area (Å²) in [5.74, 6) is -0.522. The van der Waals surface area contributed by atoms with Gasteiger partial charge < -0.3 is 10.1 Å². The summed E-state index contributed by atoms with van der Waals surface area (Å²) in [4.78, 5) is 50.1. The Hall–Kier alpha value is -3.10. The number of urea groups is 1. The molecule has 0 aromatic heterocycles. The summed E-state index contributed by atoms with van der Waals surface area (Å²) in [6.07, 6.45) is 7.47. The summed E-state index contributed by atoms with van der Waals surface area (Å²) in [5.41, 5.74) is 4.26. The number of benzene rings is 1. The molecule has 9 nitrogen and oxygen atoms in total. The normalized spacial score (nSPS) is 16.8. The van der Waals surface area contributed by atoms with Crippen LogP contribution in [0.3, 0.4) is 0 Å². The molecule has 32 heavy (non-hydrogen) atoms. The first-order chi connectivity index (χ1) is 15.4. The van der Waals surface area contributed by atoms with Gasteiger partial charge in [0.25, 0.3) is 11.8 Å². The van der Waals surface area contributed by atoms with E-state index in [2.05, 4.69) is 23.1 Å². The highest BCUT2D eigenvalue weighted by Gasteiger charge is 2.52. The number of amides is 5. The zero-order chi connectivity index (χ0) is 23.0. The molecule has 9 heteroatoms. The van der Waals surface area contributed by atoms with Crippen LogP contribution < -0.4 is 20.9 Å². The second kappa shape index (κ2) is 11.0. The van der Waals surface area contributed by atoms with E-state index in [4.69, 9.17) is 4.74 Å². The van der Waals surface area contributed by atoms with Crippen LogP contribution in [0.4, 0.5) is 4.79 Å². The lowest BCUT2D eigenvalue weighted by Crippen LogP contribution is -2.45. The number of rotatable bonds is 10. The van der Waals surface area contributed by atoms with Crippen LogP contribution in [0, 0.1) is 0 Å². The van der Waals surface area contributed by atoms with Gasteiger partial charge in [0.05, 0.1) is 6.61 Å². The predicted octanol–water partition coefficient (Wildman–Crippen LogP) is 2.66. The van der Waals surface area contributed by atoms with E-state index < -0.39 is 23.4 Å². The van der Waals surface area contributed by atoms with Crippen LogP contribution in [0.5, 0.6) is 5.75 Å². The summed E-state index contributed by atoms with van der Waals surface area (Å²) in [7, 11) is 0. The Morgan fingerprint density at radius 2 is 1.78 bits per heavy atom. The average Bonchev–Trinajstić information content (AvgIpc) is 3.35. The van der Waals surface area contributed by atoms with E-state index in [-0.39, 0.29) is 18.9 Å². The third-order valence-corrected chi connectivity index (χ3v) is 5.96. The van der Waals surface area contributed by atoms with Crippen molar-refractivity contribution in [3.05, 3.63) is 29.8 Å². The molecular weight excluding hydrogens is 412 g/mol. The highest BCUT2D eigenvalue weighted by atomic mass is 16.5. The number of hydrazine groups is 1. The molecule has 1 spiro atoms. The molecule has 1 aromatic carbocycles. The molecule has 0 bridgehead atoms. The quantitative estimate of drug-likeness (QED) is 0.291. The van der Waals surface area contributed by atoms with Crippen molar-refractivity contribution in [2.75, 3.05) is 13.2 Å². The molecule has 0 radical (unpaired) electrons. The summed E-state index contributed by atoms with van der Waals surface area (Å²) in [5, 5.41) is 2.78. The molecule has 2 fully saturated rings. The van der Waals surface area contributed by atoms with Gasteiger partial charge in [0.1, 0.15) is 11.3 Å². The molecule has 0 unspecified atom stereocenters. The molecular formula is C23H32N4O5. The molecule has 1 aliphatic heterocycles. The SMILES string of the molecule is CCCCCCOc1ccc(C(=O)NNC(=O)CCN2C(=O)NC3(CCCC3)C2=O)cc1. The molecule has 5 amide bonds. The first-order valence-corrected chi connectivity index (χ1v) is 11.4. The maximum absolute atomic E-state index is 12.6. The Morgan fingerprint density at radius 3 is 2.47 bits per heavy atom. The Kier molecular flexibility index (Phi) is 8.08. The van der Waals surface area contributed by atoms with E-state index >= 15 is 0 Å².